The van der Waals surface area contributed by atoms with Crippen molar-refractivity contribution in [1.29, 1.82) is 0 Å². The highest BCUT2D eigenvalue weighted by Gasteiger charge is 2.24. The molecule has 0 aromatic heterocycles. The molecule has 0 bridgehead atoms. The number of hydrogen-bond donors (Lipinski definition) is 4. The molecule has 0 unspecified atom stereocenters. The van der Waals surface area contributed by atoms with E-state index >= 15 is 0 Å². The van der Waals surface area contributed by atoms with Gasteiger partial charge in [0.15, 0.2) is 0 Å². The maximum absolute atomic E-state index is 4.37. The lowest BCUT2D eigenvalue weighted by molar-refractivity contribution is -0.929. The Kier molecular flexibility index (Phi) is 20.0. The first-order valence-electron chi connectivity index (χ1n) is 17.0. The molecule has 0 aliphatic rings. The summed E-state index contributed by atoms with van der Waals surface area (Å²) in [6, 6.07) is 36.0. The molecular formula is C40H58N3S2+. The summed E-state index contributed by atoms with van der Waals surface area (Å²) in [7, 11) is 0. The van der Waals surface area contributed by atoms with Gasteiger partial charge in [0.1, 0.15) is 0 Å². The van der Waals surface area contributed by atoms with Crippen molar-refractivity contribution in [2.24, 2.45) is 0 Å². The van der Waals surface area contributed by atoms with E-state index in [2.05, 4.69) is 63.6 Å². The normalized spacial score (nSPS) is 10.6. The summed E-state index contributed by atoms with van der Waals surface area (Å²) in [5.74, 6) is 0. The van der Waals surface area contributed by atoms with E-state index in [0.717, 1.165) is 32.5 Å². The molecule has 4 aromatic carbocycles. The number of anilines is 4. The summed E-state index contributed by atoms with van der Waals surface area (Å²) in [5.41, 5.74) is 4.21. The molecule has 0 fully saturated rings. The van der Waals surface area contributed by atoms with E-state index in [-0.39, 0.29) is 0 Å². The van der Waals surface area contributed by atoms with Crippen LogP contribution >= 0.6 is 25.3 Å². The van der Waals surface area contributed by atoms with E-state index in [9.17, 15) is 0 Å². The van der Waals surface area contributed by atoms with Gasteiger partial charge in [-0.2, -0.15) is 0 Å². The van der Waals surface area contributed by atoms with Crippen LogP contribution in [0.1, 0.15) is 79.1 Å². The maximum atomic E-state index is 4.37. The minimum atomic E-state index is 0.955. The third-order valence-electron chi connectivity index (χ3n) is 7.86. The Morgan fingerprint density at radius 1 is 0.422 bits per heavy atom. The Morgan fingerprint density at radius 2 is 0.711 bits per heavy atom. The highest BCUT2D eigenvalue weighted by atomic mass is 32.1. The topological polar surface area (TPSA) is 24.1 Å². The van der Waals surface area contributed by atoms with Crippen molar-refractivity contribution in [3.05, 3.63) is 109 Å². The largest absolute Gasteiger partial charge is 0.355 e. The number of quaternary nitrogens is 1. The number of nitrogens with zero attached hydrogens (tertiary/aromatic N) is 1. The fourth-order valence-corrected chi connectivity index (χ4v) is 5.59. The van der Waals surface area contributed by atoms with E-state index in [1.807, 2.05) is 109 Å². The second kappa shape index (κ2) is 23.5. The van der Waals surface area contributed by atoms with Crippen LogP contribution in [0.3, 0.4) is 0 Å². The first-order valence-corrected chi connectivity index (χ1v) is 17.9. The van der Waals surface area contributed by atoms with Crippen molar-refractivity contribution in [2.45, 2.75) is 88.9 Å². The quantitative estimate of drug-likeness (QED) is 0.0721. The molecule has 4 aromatic rings. The third-order valence-corrected chi connectivity index (χ3v) is 8.64. The molecule has 4 rings (SSSR count). The average Bonchev–Trinajstić information content (AvgIpc) is 3.08. The smallest absolute Gasteiger partial charge is 0.0786 e. The van der Waals surface area contributed by atoms with Gasteiger partial charge < -0.3 is 15.1 Å². The van der Waals surface area contributed by atoms with E-state index < -0.39 is 0 Å². The molecule has 0 spiro atoms. The summed E-state index contributed by atoms with van der Waals surface area (Å²) in [5, 5.41) is 6.59. The van der Waals surface area contributed by atoms with Gasteiger partial charge in [-0.1, -0.05) is 114 Å². The van der Waals surface area contributed by atoms with E-state index in [4.69, 9.17) is 0 Å². The van der Waals surface area contributed by atoms with Crippen LogP contribution in [0.4, 0.5) is 22.7 Å². The van der Waals surface area contributed by atoms with Crippen molar-refractivity contribution in [3.8, 4) is 0 Å². The maximum Gasteiger partial charge on any atom is 0.0786 e. The Morgan fingerprint density at radius 3 is 1.00 bits per heavy atom. The van der Waals surface area contributed by atoms with Crippen molar-refractivity contribution >= 4 is 48.0 Å². The molecule has 0 amide bonds. The zero-order valence-electron chi connectivity index (χ0n) is 28.2. The predicted octanol–water partition coefficient (Wildman–Crippen LogP) is 12.4. The number of unbranched alkanes of at least 4 members (excludes halogenated alkanes) is 4. The lowest BCUT2D eigenvalue weighted by atomic mass is 10.1. The number of rotatable bonds is 16. The van der Waals surface area contributed by atoms with Gasteiger partial charge in [0.2, 0.25) is 0 Å². The summed E-state index contributed by atoms with van der Waals surface area (Å²) in [6.45, 7) is 15.0. The molecule has 0 saturated heterocycles. The van der Waals surface area contributed by atoms with Gasteiger partial charge in [0.25, 0.3) is 0 Å². The number of para-hydroxylation sites is 4. The molecule has 0 heterocycles. The van der Waals surface area contributed by atoms with Crippen LogP contribution in [0.15, 0.2) is 119 Å². The second-order valence-electron chi connectivity index (χ2n) is 11.7. The Hall–Kier alpha value is -2.86. The number of benzene rings is 4. The fourth-order valence-electron chi connectivity index (χ4n) is 5.16. The number of thiol groups is 2. The van der Waals surface area contributed by atoms with Gasteiger partial charge in [-0.3, -0.25) is 0 Å². The van der Waals surface area contributed by atoms with E-state index in [1.54, 1.807) is 0 Å². The second-order valence-corrected chi connectivity index (χ2v) is 12.6. The van der Waals surface area contributed by atoms with Crippen LogP contribution in [0.2, 0.25) is 0 Å². The van der Waals surface area contributed by atoms with Crippen molar-refractivity contribution in [2.75, 3.05) is 36.8 Å². The highest BCUT2D eigenvalue weighted by molar-refractivity contribution is 7.80. The van der Waals surface area contributed by atoms with Gasteiger partial charge in [0.05, 0.1) is 37.6 Å². The molecule has 0 atom stereocenters. The molecule has 5 heteroatoms. The number of nitrogens with one attached hydrogen (secondary N) is 2. The van der Waals surface area contributed by atoms with Crippen LogP contribution in [-0.4, -0.2) is 30.7 Å². The lowest BCUT2D eigenvalue weighted by Gasteiger charge is -2.39. The minimum absolute atomic E-state index is 0.955. The van der Waals surface area contributed by atoms with Gasteiger partial charge in [-0.25, -0.2) is 0 Å². The highest BCUT2D eigenvalue weighted by Crippen LogP contribution is 2.24. The average molecular weight is 645 g/mol. The fraction of sp³-hybridized carbons (Fsp3) is 0.400. The third kappa shape index (κ3) is 15.8. The van der Waals surface area contributed by atoms with Crippen LogP contribution in [0, 0.1) is 0 Å². The monoisotopic (exact) mass is 644 g/mol. The van der Waals surface area contributed by atoms with Gasteiger partial charge in [0, 0.05) is 21.2 Å². The molecule has 0 radical (unpaired) electrons. The first-order chi connectivity index (χ1) is 22.0. The van der Waals surface area contributed by atoms with Crippen molar-refractivity contribution in [1.82, 2.24) is 0 Å². The molecule has 2 N–H and O–H groups in total. The van der Waals surface area contributed by atoms with Crippen LogP contribution in [0.25, 0.3) is 0 Å². The minimum Gasteiger partial charge on any atom is -0.355 e. The zero-order chi connectivity index (χ0) is 32.6. The van der Waals surface area contributed by atoms with Gasteiger partial charge in [-0.15, -0.1) is 25.3 Å². The number of hydrogen-bond acceptors (Lipinski definition) is 4. The molecular weight excluding hydrogens is 587 g/mol. The molecule has 0 aliphatic heterocycles. The van der Waals surface area contributed by atoms with Gasteiger partial charge >= 0.3 is 0 Å². The predicted molar refractivity (Wildman–Crippen MR) is 206 cm³/mol. The molecule has 45 heavy (non-hydrogen) atoms. The van der Waals surface area contributed by atoms with Crippen LogP contribution < -0.4 is 10.6 Å². The summed E-state index contributed by atoms with van der Waals surface area (Å²) in [4.78, 5) is 1.91. The molecule has 244 valence electrons. The zero-order valence-corrected chi connectivity index (χ0v) is 30.0. The molecule has 3 nitrogen and oxygen atoms in total. The van der Waals surface area contributed by atoms with Crippen molar-refractivity contribution < 1.29 is 4.48 Å². The summed E-state index contributed by atoms with van der Waals surface area (Å²) >= 11 is 8.73. The van der Waals surface area contributed by atoms with Crippen LogP contribution in [0.5, 0.6) is 0 Å². The Bertz CT molecular complexity index is 1160. The standard InChI is InChI=1S/C16H36N.2C12H11NS/c1-5-9-13-17(14-10-6-2,15-11-7-3)16-12-8-4;2*14-12-9-5-4-8-11(12)13-10-6-2-1-3-7-10/h5-16H2,1-4H3;2*1-9,13-14H/q+1;;. The van der Waals surface area contributed by atoms with Gasteiger partial charge in [-0.05, 0) is 74.2 Å². The first kappa shape index (κ1) is 38.3. The van der Waals surface area contributed by atoms with Crippen LogP contribution in [-0.2, 0) is 0 Å². The molecule has 0 aliphatic carbocycles. The van der Waals surface area contributed by atoms with E-state index in [1.165, 1.54) is 82.0 Å². The summed E-state index contributed by atoms with van der Waals surface area (Å²) in [6.07, 6.45) is 11.1. The summed E-state index contributed by atoms with van der Waals surface area (Å²) < 4.78 is 1.42. The lowest BCUT2D eigenvalue weighted by Crippen LogP contribution is -2.50. The molecule has 0 saturated carbocycles. The SMILES string of the molecule is CCCC[N+](CCCC)(CCCC)CCCC.Sc1ccccc1Nc1ccccc1.Sc1ccccc1Nc1ccccc1. The van der Waals surface area contributed by atoms with Crippen molar-refractivity contribution in [3.63, 3.8) is 0 Å². The Labute approximate surface area is 286 Å². The Balaban J connectivity index is 0.000000236. The van der Waals surface area contributed by atoms with E-state index in [0.29, 0.717) is 0 Å².